The van der Waals surface area contributed by atoms with Crippen LogP contribution in [0.2, 0.25) is 0 Å². The van der Waals surface area contributed by atoms with Gasteiger partial charge in [0.1, 0.15) is 5.75 Å². The number of methoxy groups -OCH3 is 1. The van der Waals surface area contributed by atoms with Crippen LogP contribution in [-0.2, 0) is 6.54 Å². The van der Waals surface area contributed by atoms with Crippen LogP contribution in [0.15, 0.2) is 21.1 Å². The zero-order chi connectivity index (χ0) is 15.1. The fourth-order valence-corrected chi connectivity index (χ4v) is 3.67. The van der Waals surface area contributed by atoms with Gasteiger partial charge in [0, 0.05) is 29.2 Å². The van der Waals surface area contributed by atoms with Gasteiger partial charge in [0.2, 0.25) is 0 Å². The van der Waals surface area contributed by atoms with E-state index in [9.17, 15) is 0 Å². The van der Waals surface area contributed by atoms with Crippen molar-refractivity contribution in [1.82, 2.24) is 10.2 Å². The molecule has 0 aliphatic carbocycles. The minimum Gasteiger partial charge on any atom is -0.495 e. The van der Waals surface area contributed by atoms with E-state index < -0.39 is 0 Å². The van der Waals surface area contributed by atoms with E-state index in [0.29, 0.717) is 6.04 Å². The predicted octanol–water partition coefficient (Wildman–Crippen LogP) is 4.04. The summed E-state index contributed by atoms with van der Waals surface area (Å²) in [5, 5.41) is 3.56. The summed E-state index contributed by atoms with van der Waals surface area (Å²) < 4.78 is 7.50. The Morgan fingerprint density at radius 3 is 2.45 bits per heavy atom. The van der Waals surface area contributed by atoms with Crippen molar-refractivity contribution < 1.29 is 4.74 Å². The largest absolute Gasteiger partial charge is 0.495 e. The molecule has 0 aromatic heterocycles. The minimum absolute atomic E-state index is 0.442. The third-order valence-electron chi connectivity index (χ3n) is 3.36. The van der Waals surface area contributed by atoms with Gasteiger partial charge < -0.3 is 15.0 Å². The highest BCUT2D eigenvalue weighted by molar-refractivity contribution is 9.11. The number of halogens is 2. The Kier molecular flexibility index (Phi) is 8.10. The van der Waals surface area contributed by atoms with Crippen LogP contribution < -0.4 is 10.1 Å². The van der Waals surface area contributed by atoms with Gasteiger partial charge in [0.25, 0.3) is 0 Å². The SMILES string of the molecule is CCN(CC)CC(C)NCc1cc(Br)cc(Br)c1OC. The Morgan fingerprint density at radius 1 is 1.25 bits per heavy atom. The van der Waals surface area contributed by atoms with Gasteiger partial charge in [0.15, 0.2) is 0 Å². The molecular weight excluding hydrogens is 384 g/mol. The molecule has 1 aromatic carbocycles. The van der Waals surface area contributed by atoms with Crippen molar-refractivity contribution in [3.05, 3.63) is 26.6 Å². The fourth-order valence-electron chi connectivity index (χ4n) is 2.19. The minimum atomic E-state index is 0.442. The Balaban J connectivity index is 2.65. The number of rotatable bonds is 8. The van der Waals surface area contributed by atoms with E-state index in [4.69, 9.17) is 4.74 Å². The molecule has 20 heavy (non-hydrogen) atoms. The van der Waals surface area contributed by atoms with Gasteiger partial charge in [-0.1, -0.05) is 29.8 Å². The maximum atomic E-state index is 5.47. The lowest BCUT2D eigenvalue weighted by Gasteiger charge is -2.24. The quantitative estimate of drug-likeness (QED) is 0.703. The maximum absolute atomic E-state index is 5.47. The molecule has 0 amide bonds. The van der Waals surface area contributed by atoms with Crippen molar-refractivity contribution >= 4 is 31.9 Å². The molecule has 1 N–H and O–H groups in total. The zero-order valence-corrected chi connectivity index (χ0v) is 15.8. The second kappa shape index (κ2) is 9.03. The molecule has 5 heteroatoms. The highest BCUT2D eigenvalue weighted by atomic mass is 79.9. The molecule has 0 fully saturated rings. The van der Waals surface area contributed by atoms with Crippen LogP contribution in [-0.4, -0.2) is 37.7 Å². The molecular formula is C15H24Br2N2O. The monoisotopic (exact) mass is 406 g/mol. The molecule has 0 aliphatic heterocycles. The van der Waals surface area contributed by atoms with Crippen LogP contribution in [0.5, 0.6) is 5.75 Å². The summed E-state index contributed by atoms with van der Waals surface area (Å²) in [7, 11) is 1.71. The van der Waals surface area contributed by atoms with E-state index in [1.165, 1.54) is 0 Å². The van der Waals surface area contributed by atoms with Gasteiger partial charge in [-0.2, -0.15) is 0 Å². The van der Waals surface area contributed by atoms with Crippen LogP contribution in [0.1, 0.15) is 26.3 Å². The summed E-state index contributed by atoms with van der Waals surface area (Å²) in [5.74, 6) is 0.899. The molecule has 0 aliphatic rings. The summed E-state index contributed by atoms with van der Waals surface area (Å²) in [6.45, 7) is 10.7. The lowest BCUT2D eigenvalue weighted by Crippen LogP contribution is -2.38. The molecule has 1 atom stereocenters. The first-order valence-electron chi connectivity index (χ1n) is 6.99. The molecule has 1 aromatic rings. The molecule has 0 spiro atoms. The summed E-state index contributed by atoms with van der Waals surface area (Å²) in [6.07, 6.45) is 0. The molecule has 114 valence electrons. The highest BCUT2D eigenvalue weighted by Gasteiger charge is 2.11. The van der Waals surface area contributed by atoms with Crippen molar-refractivity contribution in [3.63, 3.8) is 0 Å². The highest BCUT2D eigenvalue weighted by Crippen LogP contribution is 2.32. The number of likely N-dealkylation sites (N-methyl/N-ethyl adjacent to an activating group) is 1. The second-order valence-corrected chi connectivity index (χ2v) is 6.62. The van der Waals surface area contributed by atoms with Gasteiger partial charge in [-0.25, -0.2) is 0 Å². The zero-order valence-electron chi connectivity index (χ0n) is 12.7. The van der Waals surface area contributed by atoms with Crippen LogP contribution in [0.4, 0.5) is 0 Å². The average molecular weight is 408 g/mol. The van der Waals surface area contributed by atoms with E-state index in [1.54, 1.807) is 7.11 Å². The van der Waals surface area contributed by atoms with Crippen molar-refractivity contribution in [1.29, 1.82) is 0 Å². The summed E-state index contributed by atoms with van der Waals surface area (Å²) in [6, 6.07) is 4.54. The van der Waals surface area contributed by atoms with E-state index in [0.717, 1.165) is 46.4 Å². The van der Waals surface area contributed by atoms with Crippen molar-refractivity contribution in [2.45, 2.75) is 33.4 Å². The maximum Gasteiger partial charge on any atom is 0.137 e. The molecule has 1 unspecified atom stereocenters. The molecule has 0 saturated heterocycles. The summed E-state index contributed by atoms with van der Waals surface area (Å²) >= 11 is 7.06. The normalized spacial score (nSPS) is 12.8. The summed E-state index contributed by atoms with van der Waals surface area (Å²) in [4.78, 5) is 2.42. The number of hydrogen-bond acceptors (Lipinski definition) is 3. The lowest BCUT2D eigenvalue weighted by atomic mass is 10.2. The standard InChI is InChI=1S/C15H24Br2N2O/c1-5-19(6-2)10-11(3)18-9-12-7-13(16)8-14(17)15(12)20-4/h7-8,11,18H,5-6,9-10H2,1-4H3. The van der Waals surface area contributed by atoms with Crippen molar-refractivity contribution in [2.24, 2.45) is 0 Å². The Hall–Kier alpha value is -0.100. The van der Waals surface area contributed by atoms with Gasteiger partial charge in [-0.3, -0.25) is 0 Å². The van der Waals surface area contributed by atoms with E-state index in [-0.39, 0.29) is 0 Å². The molecule has 0 radical (unpaired) electrons. The number of nitrogens with zero attached hydrogens (tertiary/aromatic N) is 1. The molecule has 3 nitrogen and oxygen atoms in total. The molecule has 1 rings (SSSR count). The first-order chi connectivity index (χ1) is 9.51. The van der Waals surface area contributed by atoms with Gasteiger partial charge >= 0.3 is 0 Å². The van der Waals surface area contributed by atoms with E-state index >= 15 is 0 Å². The van der Waals surface area contributed by atoms with Gasteiger partial charge in [-0.05, 0) is 48.1 Å². The third kappa shape index (κ3) is 5.35. The van der Waals surface area contributed by atoms with Crippen LogP contribution in [0.3, 0.4) is 0 Å². The first kappa shape index (κ1) is 18.0. The number of hydrogen-bond donors (Lipinski definition) is 1. The fraction of sp³-hybridized carbons (Fsp3) is 0.600. The Bertz CT molecular complexity index is 423. The predicted molar refractivity (Wildman–Crippen MR) is 92.5 cm³/mol. The average Bonchev–Trinajstić information content (AvgIpc) is 2.42. The number of nitrogens with one attached hydrogen (secondary N) is 1. The first-order valence-corrected chi connectivity index (χ1v) is 8.58. The van der Waals surface area contributed by atoms with Crippen LogP contribution >= 0.6 is 31.9 Å². The van der Waals surface area contributed by atoms with Crippen molar-refractivity contribution in [2.75, 3.05) is 26.7 Å². The van der Waals surface area contributed by atoms with Gasteiger partial charge in [-0.15, -0.1) is 0 Å². The Labute approximate surface area is 139 Å². The van der Waals surface area contributed by atoms with Crippen LogP contribution in [0, 0.1) is 0 Å². The van der Waals surface area contributed by atoms with Gasteiger partial charge in [0.05, 0.1) is 11.6 Å². The summed E-state index contributed by atoms with van der Waals surface area (Å²) in [5.41, 5.74) is 1.15. The molecule has 0 saturated carbocycles. The van der Waals surface area contributed by atoms with E-state index in [2.05, 4.69) is 68.9 Å². The topological polar surface area (TPSA) is 24.5 Å². The second-order valence-electron chi connectivity index (χ2n) is 4.85. The smallest absolute Gasteiger partial charge is 0.137 e. The lowest BCUT2D eigenvalue weighted by molar-refractivity contribution is 0.270. The Morgan fingerprint density at radius 2 is 1.90 bits per heavy atom. The van der Waals surface area contributed by atoms with Crippen LogP contribution in [0.25, 0.3) is 0 Å². The van der Waals surface area contributed by atoms with E-state index in [1.807, 2.05) is 6.07 Å². The third-order valence-corrected chi connectivity index (χ3v) is 4.40. The van der Waals surface area contributed by atoms with Crippen molar-refractivity contribution in [3.8, 4) is 5.75 Å². The molecule has 0 heterocycles. The number of ether oxygens (including phenoxy) is 1. The molecule has 0 bridgehead atoms. The number of benzene rings is 1.